The molecule has 0 aromatic heterocycles. The predicted molar refractivity (Wildman–Crippen MR) is 94.8 cm³/mol. The highest BCUT2D eigenvalue weighted by molar-refractivity contribution is 6.30. The second-order valence-electron chi connectivity index (χ2n) is 6.00. The lowest BCUT2D eigenvalue weighted by Gasteiger charge is -2.38. The third kappa shape index (κ3) is 3.44. The van der Waals surface area contributed by atoms with E-state index in [1.807, 2.05) is 30.3 Å². The minimum absolute atomic E-state index is 0.0654. The number of carbonyl (C=O) groups is 2. The Bertz CT molecular complexity index is 748. The Morgan fingerprint density at radius 2 is 1.92 bits per heavy atom. The van der Waals surface area contributed by atoms with Crippen molar-refractivity contribution in [3.8, 4) is 0 Å². The van der Waals surface area contributed by atoms with Gasteiger partial charge in [0.25, 0.3) is 0 Å². The Balaban J connectivity index is 1.86. The number of hydrogen-bond donors (Lipinski definition) is 1. The van der Waals surface area contributed by atoms with E-state index in [1.54, 1.807) is 36.2 Å². The molecule has 0 aliphatic carbocycles. The van der Waals surface area contributed by atoms with Crippen LogP contribution in [0.3, 0.4) is 0 Å². The van der Waals surface area contributed by atoms with Crippen LogP contribution >= 0.6 is 11.6 Å². The molecule has 5 heteroatoms. The molecular weight excluding hydrogens is 324 g/mol. The second kappa shape index (κ2) is 7.05. The molecule has 0 unspecified atom stereocenters. The van der Waals surface area contributed by atoms with E-state index in [0.717, 1.165) is 5.56 Å². The third-order valence-corrected chi connectivity index (χ3v) is 4.67. The largest absolute Gasteiger partial charge is 0.338 e. The van der Waals surface area contributed by atoms with E-state index in [2.05, 4.69) is 5.32 Å². The quantitative estimate of drug-likeness (QED) is 0.920. The zero-order valence-electron chi connectivity index (χ0n) is 13.4. The van der Waals surface area contributed by atoms with Gasteiger partial charge in [0.2, 0.25) is 11.8 Å². The lowest BCUT2D eigenvalue weighted by Crippen LogP contribution is -2.44. The smallest absolute Gasteiger partial charge is 0.229 e. The van der Waals surface area contributed by atoms with Gasteiger partial charge in [-0.1, -0.05) is 48.0 Å². The van der Waals surface area contributed by atoms with Crippen LogP contribution in [0.2, 0.25) is 5.02 Å². The van der Waals surface area contributed by atoms with Crippen molar-refractivity contribution in [3.05, 3.63) is 65.2 Å². The zero-order valence-corrected chi connectivity index (χ0v) is 14.2. The zero-order chi connectivity index (χ0) is 17.1. The van der Waals surface area contributed by atoms with E-state index < -0.39 is 0 Å². The summed E-state index contributed by atoms with van der Waals surface area (Å²) in [5, 5.41) is 3.50. The summed E-state index contributed by atoms with van der Waals surface area (Å²) in [6.07, 6.45) is 0.919. The van der Waals surface area contributed by atoms with Crippen LogP contribution in [0.5, 0.6) is 0 Å². The van der Waals surface area contributed by atoms with Crippen molar-refractivity contribution in [2.24, 2.45) is 5.92 Å². The monoisotopic (exact) mass is 342 g/mol. The number of amides is 2. The Kier molecular flexibility index (Phi) is 4.86. The molecule has 0 saturated carbocycles. The average molecular weight is 343 g/mol. The minimum Gasteiger partial charge on any atom is -0.338 e. The molecule has 124 valence electrons. The standard InChI is InChI=1S/C19H19ClN2O2/c1-22-17(23)11-10-16(18(22)13-6-3-2-4-7-13)19(24)21-15-9-5-8-14(20)12-15/h2-9,12,16,18H,10-11H2,1H3,(H,21,24)/t16-,18-/m1/s1. The fourth-order valence-corrected chi connectivity index (χ4v) is 3.41. The van der Waals surface area contributed by atoms with Gasteiger partial charge in [-0.15, -0.1) is 0 Å². The van der Waals surface area contributed by atoms with Crippen LogP contribution in [-0.2, 0) is 9.59 Å². The topological polar surface area (TPSA) is 49.4 Å². The van der Waals surface area contributed by atoms with Gasteiger partial charge in [0, 0.05) is 24.2 Å². The second-order valence-corrected chi connectivity index (χ2v) is 6.44. The van der Waals surface area contributed by atoms with Crippen molar-refractivity contribution in [2.45, 2.75) is 18.9 Å². The van der Waals surface area contributed by atoms with Gasteiger partial charge in [0.15, 0.2) is 0 Å². The molecule has 1 fully saturated rings. The first-order chi connectivity index (χ1) is 11.6. The van der Waals surface area contributed by atoms with Gasteiger partial charge >= 0.3 is 0 Å². The molecule has 2 aromatic rings. The maximum Gasteiger partial charge on any atom is 0.229 e. The highest BCUT2D eigenvalue weighted by Gasteiger charge is 2.38. The molecule has 0 radical (unpaired) electrons. The fourth-order valence-electron chi connectivity index (χ4n) is 3.22. The summed E-state index contributed by atoms with van der Waals surface area (Å²) < 4.78 is 0. The highest BCUT2D eigenvalue weighted by atomic mass is 35.5. The minimum atomic E-state index is -0.297. The van der Waals surface area contributed by atoms with Gasteiger partial charge in [-0.05, 0) is 30.2 Å². The van der Waals surface area contributed by atoms with Gasteiger partial charge in [0.05, 0.1) is 12.0 Å². The van der Waals surface area contributed by atoms with E-state index in [4.69, 9.17) is 11.6 Å². The van der Waals surface area contributed by atoms with Crippen molar-refractivity contribution in [2.75, 3.05) is 12.4 Å². The average Bonchev–Trinajstić information content (AvgIpc) is 2.58. The maximum absolute atomic E-state index is 12.8. The number of carbonyl (C=O) groups excluding carboxylic acids is 2. The van der Waals surface area contributed by atoms with E-state index in [9.17, 15) is 9.59 Å². The number of piperidine rings is 1. The van der Waals surface area contributed by atoms with Crippen LogP contribution in [-0.4, -0.2) is 23.8 Å². The first-order valence-electron chi connectivity index (χ1n) is 7.93. The number of likely N-dealkylation sites (tertiary alicyclic amines) is 1. The molecule has 0 spiro atoms. The molecule has 4 nitrogen and oxygen atoms in total. The Morgan fingerprint density at radius 1 is 1.17 bits per heavy atom. The summed E-state index contributed by atoms with van der Waals surface area (Å²) in [6.45, 7) is 0. The van der Waals surface area contributed by atoms with Crippen LogP contribution in [0.25, 0.3) is 0 Å². The number of halogens is 1. The lowest BCUT2D eigenvalue weighted by atomic mass is 9.84. The fraction of sp³-hybridized carbons (Fsp3) is 0.263. The number of hydrogen-bond acceptors (Lipinski definition) is 2. The molecule has 1 aliphatic rings. The summed E-state index contributed by atoms with van der Waals surface area (Å²) in [4.78, 5) is 26.6. The van der Waals surface area contributed by atoms with Gasteiger partial charge in [-0.3, -0.25) is 9.59 Å². The van der Waals surface area contributed by atoms with Gasteiger partial charge in [-0.25, -0.2) is 0 Å². The molecule has 2 atom stereocenters. The van der Waals surface area contributed by atoms with Crippen LogP contribution in [0, 0.1) is 5.92 Å². The molecule has 1 saturated heterocycles. The molecule has 3 rings (SSSR count). The number of rotatable bonds is 3. The molecule has 0 bridgehead atoms. The molecule has 1 N–H and O–H groups in total. The van der Waals surface area contributed by atoms with E-state index in [1.165, 1.54) is 0 Å². The van der Waals surface area contributed by atoms with Crippen LogP contribution in [0.15, 0.2) is 54.6 Å². The summed E-state index contributed by atoms with van der Waals surface area (Å²) in [7, 11) is 1.76. The lowest BCUT2D eigenvalue weighted by molar-refractivity contribution is -0.140. The van der Waals surface area contributed by atoms with Gasteiger partial charge < -0.3 is 10.2 Å². The number of nitrogens with one attached hydrogen (secondary N) is 1. The summed E-state index contributed by atoms with van der Waals surface area (Å²) in [5.74, 6) is -0.324. The maximum atomic E-state index is 12.8. The van der Waals surface area contributed by atoms with E-state index >= 15 is 0 Å². The first-order valence-corrected chi connectivity index (χ1v) is 8.31. The van der Waals surface area contributed by atoms with E-state index in [0.29, 0.717) is 23.6 Å². The molecular formula is C19H19ClN2O2. The number of nitrogens with zero attached hydrogens (tertiary/aromatic N) is 1. The SMILES string of the molecule is CN1C(=O)CC[C@@H](C(=O)Nc2cccc(Cl)c2)[C@H]1c1ccccc1. The Morgan fingerprint density at radius 3 is 2.62 bits per heavy atom. The van der Waals surface area contributed by atoms with Crippen LogP contribution < -0.4 is 5.32 Å². The molecule has 2 aromatic carbocycles. The third-order valence-electron chi connectivity index (χ3n) is 4.43. The molecule has 24 heavy (non-hydrogen) atoms. The normalized spacial score (nSPS) is 20.8. The van der Waals surface area contributed by atoms with Crippen molar-refractivity contribution in [1.29, 1.82) is 0 Å². The Hall–Kier alpha value is -2.33. The molecule has 1 aliphatic heterocycles. The number of anilines is 1. The van der Waals surface area contributed by atoms with Crippen molar-refractivity contribution in [3.63, 3.8) is 0 Å². The number of benzene rings is 2. The highest BCUT2D eigenvalue weighted by Crippen LogP contribution is 2.36. The van der Waals surface area contributed by atoms with Crippen molar-refractivity contribution >= 4 is 29.1 Å². The summed E-state index contributed by atoms with van der Waals surface area (Å²) in [6, 6.07) is 16.5. The Labute approximate surface area is 146 Å². The van der Waals surface area contributed by atoms with Crippen molar-refractivity contribution in [1.82, 2.24) is 4.90 Å². The van der Waals surface area contributed by atoms with Crippen LogP contribution in [0.1, 0.15) is 24.4 Å². The van der Waals surface area contributed by atoms with E-state index in [-0.39, 0.29) is 23.8 Å². The van der Waals surface area contributed by atoms with Gasteiger partial charge in [-0.2, -0.15) is 0 Å². The summed E-state index contributed by atoms with van der Waals surface area (Å²) in [5.41, 5.74) is 1.64. The first kappa shape index (κ1) is 16.5. The predicted octanol–water partition coefficient (Wildman–Crippen LogP) is 3.89. The van der Waals surface area contributed by atoms with Gasteiger partial charge in [0.1, 0.15) is 0 Å². The van der Waals surface area contributed by atoms with Crippen LogP contribution in [0.4, 0.5) is 5.69 Å². The summed E-state index contributed by atoms with van der Waals surface area (Å²) >= 11 is 5.98. The van der Waals surface area contributed by atoms with Crippen molar-refractivity contribution < 1.29 is 9.59 Å². The molecule has 2 amide bonds. The molecule has 1 heterocycles.